The number of amides is 2. The van der Waals surface area contributed by atoms with E-state index in [-0.39, 0.29) is 12.5 Å². The molecule has 1 heterocycles. The Labute approximate surface area is 82.1 Å². The molecule has 0 saturated carbocycles. The van der Waals surface area contributed by atoms with E-state index in [4.69, 9.17) is 10.8 Å². The van der Waals surface area contributed by atoms with Gasteiger partial charge in [0.25, 0.3) is 0 Å². The van der Waals surface area contributed by atoms with Gasteiger partial charge in [0.1, 0.15) is 6.04 Å². The van der Waals surface area contributed by atoms with Crippen molar-refractivity contribution in [3.63, 3.8) is 0 Å². The van der Waals surface area contributed by atoms with Crippen LogP contribution in [-0.4, -0.2) is 47.7 Å². The quantitative estimate of drug-likeness (QED) is 0.555. The Morgan fingerprint density at radius 3 is 2.57 bits per heavy atom. The van der Waals surface area contributed by atoms with Crippen molar-refractivity contribution in [1.29, 1.82) is 0 Å². The predicted molar refractivity (Wildman–Crippen MR) is 49.8 cm³/mol. The number of carbonyl (C=O) groups excluding carboxylic acids is 1. The van der Waals surface area contributed by atoms with Crippen molar-refractivity contribution >= 4 is 12.0 Å². The Hall–Kier alpha value is -1.30. The van der Waals surface area contributed by atoms with Gasteiger partial charge in [-0.2, -0.15) is 0 Å². The van der Waals surface area contributed by atoms with Crippen molar-refractivity contribution in [2.45, 2.75) is 18.9 Å². The fraction of sp³-hybridized carbons (Fsp3) is 0.750. The number of nitrogens with zero attached hydrogens (tertiary/aromatic N) is 1. The molecule has 1 aliphatic rings. The van der Waals surface area contributed by atoms with Crippen LogP contribution in [0.15, 0.2) is 0 Å². The zero-order valence-corrected chi connectivity index (χ0v) is 7.90. The van der Waals surface area contributed by atoms with Crippen molar-refractivity contribution in [1.82, 2.24) is 10.2 Å². The number of carboxylic acids is 1. The summed E-state index contributed by atoms with van der Waals surface area (Å²) in [6, 6.07) is -1.03. The molecule has 80 valence electrons. The Kier molecular flexibility index (Phi) is 3.70. The molecule has 1 atom stereocenters. The van der Waals surface area contributed by atoms with Gasteiger partial charge in [-0.25, -0.2) is 4.79 Å². The average molecular weight is 201 g/mol. The second kappa shape index (κ2) is 4.80. The fourth-order valence-corrected chi connectivity index (χ4v) is 1.09. The molecule has 0 spiro atoms. The number of nitrogens with one attached hydrogen (secondary N) is 1. The Morgan fingerprint density at radius 1 is 1.50 bits per heavy atom. The monoisotopic (exact) mass is 201 g/mol. The molecule has 2 amide bonds. The van der Waals surface area contributed by atoms with Crippen LogP contribution in [-0.2, 0) is 4.79 Å². The molecule has 0 aromatic carbocycles. The van der Waals surface area contributed by atoms with Gasteiger partial charge in [-0.3, -0.25) is 4.79 Å². The number of carbonyl (C=O) groups is 2. The predicted octanol–water partition coefficient (Wildman–Crippen LogP) is -0.796. The summed E-state index contributed by atoms with van der Waals surface area (Å²) >= 11 is 0. The maximum absolute atomic E-state index is 11.2. The van der Waals surface area contributed by atoms with Crippen LogP contribution in [0.5, 0.6) is 0 Å². The minimum absolute atomic E-state index is 0.131. The largest absolute Gasteiger partial charge is 0.480 e. The van der Waals surface area contributed by atoms with E-state index in [2.05, 4.69) is 5.32 Å². The van der Waals surface area contributed by atoms with Crippen LogP contribution in [0.1, 0.15) is 12.8 Å². The summed E-state index contributed by atoms with van der Waals surface area (Å²) < 4.78 is 0. The van der Waals surface area contributed by atoms with Gasteiger partial charge in [-0.05, 0) is 12.8 Å². The first-order chi connectivity index (χ1) is 6.61. The zero-order valence-electron chi connectivity index (χ0n) is 7.90. The number of hydrogen-bond donors (Lipinski definition) is 3. The molecular weight excluding hydrogens is 186 g/mol. The van der Waals surface area contributed by atoms with Crippen molar-refractivity contribution in [3.05, 3.63) is 0 Å². The van der Waals surface area contributed by atoms with E-state index in [1.54, 1.807) is 4.90 Å². The highest BCUT2D eigenvalue weighted by atomic mass is 16.4. The molecule has 0 radical (unpaired) electrons. The summed E-state index contributed by atoms with van der Waals surface area (Å²) in [4.78, 5) is 23.2. The van der Waals surface area contributed by atoms with Gasteiger partial charge in [0.2, 0.25) is 0 Å². The second-order valence-electron chi connectivity index (χ2n) is 3.31. The number of nitrogens with two attached hydrogens (primary N) is 1. The molecule has 4 N–H and O–H groups in total. The van der Waals surface area contributed by atoms with Crippen molar-refractivity contribution in [2.24, 2.45) is 5.73 Å². The van der Waals surface area contributed by atoms with Crippen LogP contribution in [0, 0.1) is 0 Å². The first kappa shape index (κ1) is 10.8. The molecule has 1 fully saturated rings. The number of hydrogen-bond acceptors (Lipinski definition) is 3. The first-order valence-corrected chi connectivity index (χ1v) is 4.62. The van der Waals surface area contributed by atoms with E-state index in [0.717, 1.165) is 19.5 Å². The Bertz CT molecular complexity index is 228. The number of rotatable bonds is 4. The molecule has 1 saturated heterocycles. The standard InChI is InChI=1S/C8H15N3O3/c9-6(7(12)13)2-3-10-8(14)11-4-1-5-11/h6H,1-5,9H2,(H,10,14)(H,12,13). The maximum Gasteiger partial charge on any atom is 0.320 e. The molecule has 6 nitrogen and oxygen atoms in total. The lowest BCUT2D eigenvalue weighted by Gasteiger charge is -2.30. The Morgan fingerprint density at radius 2 is 2.14 bits per heavy atom. The highest BCUT2D eigenvalue weighted by Crippen LogP contribution is 2.04. The fourth-order valence-electron chi connectivity index (χ4n) is 1.09. The lowest BCUT2D eigenvalue weighted by atomic mass is 10.2. The molecule has 6 heteroatoms. The zero-order chi connectivity index (χ0) is 10.6. The highest BCUT2D eigenvalue weighted by molar-refractivity contribution is 5.75. The minimum Gasteiger partial charge on any atom is -0.480 e. The highest BCUT2D eigenvalue weighted by Gasteiger charge is 2.19. The van der Waals surface area contributed by atoms with E-state index in [1.165, 1.54) is 0 Å². The van der Waals surface area contributed by atoms with E-state index in [9.17, 15) is 9.59 Å². The van der Waals surface area contributed by atoms with Gasteiger partial charge in [0.05, 0.1) is 0 Å². The molecule has 1 unspecified atom stereocenters. The number of likely N-dealkylation sites (tertiary alicyclic amines) is 1. The SMILES string of the molecule is NC(CCNC(=O)N1CCC1)C(=O)O. The summed E-state index contributed by atoms with van der Waals surface area (Å²) in [5.41, 5.74) is 5.26. The molecule has 1 rings (SSSR count). The number of carboxylic acid groups (broad SMARTS) is 1. The van der Waals surface area contributed by atoms with Gasteiger partial charge in [-0.15, -0.1) is 0 Å². The lowest BCUT2D eigenvalue weighted by molar-refractivity contribution is -0.138. The van der Waals surface area contributed by atoms with E-state index < -0.39 is 12.0 Å². The Balaban J connectivity index is 2.08. The van der Waals surface area contributed by atoms with Crippen LogP contribution in [0.4, 0.5) is 4.79 Å². The smallest absolute Gasteiger partial charge is 0.320 e. The molecule has 0 aromatic rings. The first-order valence-electron chi connectivity index (χ1n) is 4.62. The topological polar surface area (TPSA) is 95.7 Å². The third-order valence-electron chi connectivity index (χ3n) is 2.19. The van der Waals surface area contributed by atoms with Crippen LogP contribution in [0.2, 0.25) is 0 Å². The normalized spacial score (nSPS) is 17.1. The minimum atomic E-state index is -1.04. The molecule has 0 bridgehead atoms. The van der Waals surface area contributed by atoms with Crippen LogP contribution in [0.25, 0.3) is 0 Å². The van der Waals surface area contributed by atoms with Gasteiger partial charge in [-0.1, -0.05) is 0 Å². The van der Waals surface area contributed by atoms with Crippen molar-refractivity contribution in [3.8, 4) is 0 Å². The van der Waals surface area contributed by atoms with E-state index in [1.807, 2.05) is 0 Å². The molecular formula is C8H15N3O3. The summed E-state index contributed by atoms with van der Waals surface area (Å²) in [5, 5.41) is 11.1. The molecule has 14 heavy (non-hydrogen) atoms. The molecule has 0 aliphatic carbocycles. The molecule has 1 aliphatic heterocycles. The third kappa shape index (κ3) is 2.88. The van der Waals surface area contributed by atoms with Crippen LogP contribution < -0.4 is 11.1 Å². The lowest BCUT2D eigenvalue weighted by Crippen LogP contribution is -2.48. The van der Waals surface area contributed by atoms with Gasteiger partial charge in [0, 0.05) is 19.6 Å². The van der Waals surface area contributed by atoms with Gasteiger partial charge < -0.3 is 21.1 Å². The summed E-state index contributed by atoms with van der Waals surface area (Å²) in [6.07, 6.45) is 1.30. The summed E-state index contributed by atoms with van der Waals surface area (Å²) in [5.74, 6) is -1.04. The second-order valence-corrected chi connectivity index (χ2v) is 3.31. The van der Waals surface area contributed by atoms with Crippen LogP contribution >= 0.6 is 0 Å². The van der Waals surface area contributed by atoms with Crippen LogP contribution in [0.3, 0.4) is 0 Å². The van der Waals surface area contributed by atoms with E-state index in [0.29, 0.717) is 6.54 Å². The van der Waals surface area contributed by atoms with Crippen molar-refractivity contribution < 1.29 is 14.7 Å². The third-order valence-corrected chi connectivity index (χ3v) is 2.19. The van der Waals surface area contributed by atoms with Gasteiger partial charge in [0.15, 0.2) is 0 Å². The summed E-state index contributed by atoms with van der Waals surface area (Å²) in [6.45, 7) is 1.89. The van der Waals surface area contributed by atoms with Crippen molar-refractivity contribution in [2.75, 3.05) is 19.6 Å². The maximum atomic E-state index is 11.2. The average Bonchev–Trinajstić information content (AvgIpc) is 2.00. The number of urea groups is 1. The number of aliphatic carboxylic acids is 1. The summed E-state index contributed by atoms with van der Waals surface area (Å²) in [7, 11) is 0. The van der Waals surface area contributed by atoms with E-state index >= 15 is 0 Å². The van der Waals surface area contributed by atoms with Gasteiger partial charge >= 0.3 is 12.0 Å². The molecule has 0 aromatic heterocycles.